The highest BCUT2D eigenvalue weighted by Gasteiger charge is 2.45. The largest absolute Gasteiger partial charge is 0.367 e. The van der Waals surface area contributed by atoms with Crippen LogP contribution in [0.1, 0.15) is 37.4 Å². The molecule has 0 bridgehead atoms. The number of hydrogen-bond donors (Lipinski definition) is 2. The number of nitrogens with zero attached hydrogens (tertiary/aromatic N) is 3. The van der Waals surface area contributed by atoms with E-state index in [1.807, 2.05) is 41.3 Å². The number of nitrogens with one attached hydrogen (secondary N) is 2. The van der Waals surface area contributed by atoms with Crippen molar-refractivity contribution in [3.63, 3.8) is 0 Å². The van der Waals surface area contributed by atoms with Gasteiger partial charge in [0.05, 0.1) is 12.0 Å². The number of allylic oxidation sites excluding steroid dienone is 2. The van der Waals surface area contributed by atoms with Gasteiger partial charge in [0.2, 0.25) is 11.1 Å². The number of rotatable bonds is 4. The lowest BCUT2D eigenvalue weighted by Crippen LogP contribution is -2.41. The molecule has 3 aromatic rings. The monoisotopic (exact) mass is 405 g/mol. The summed E-state index contributed by atoms with van der Waals surface area (Å²) in [6.45, 7) is 4.20. The van der Waals surface area contributed by atoms with Crippen LogP contribution in [0, 0.1) is 11.3 Å². The van der Waals surface area contributed by atoms with Crippen LogP contribution in [0.5, 0.6) is 0 Å². The summed E-state index contributed by atoms with van der Waals surface area (Å²) in [6.07, 6.45) is 6.56. The van der Waals surface area contributed by atoms with Gasteiger partial charge in [0.1, 0.15) is 5.78 Å². The number of hydrogen-bond acceptors (Lipinski definition) is 5. The molecule has 1 aliphatic heterocycles. The van der Waals surface area contributed by atoms with Crippen LogP contribution in [-0.2, 0) is 10.5 Å². The number of ketones is 1. The molecule has 2 aliphatic rings. The summed E-state index contributed by atoms with van der Waals surface area (Å²) in [6, 6.07) is 12.1. The van der Waals surface area contributed by atoms with Crippen LogP contribution in [0.15, 0.2) is 65.7 Å². The van der Waals surface area contributed by atoms with Crippen molar-refractivity contribution in [3.05, 3.63) is 71.7 Å². The maximum atomic E-state index is 13.1. The van der Waals surface area contributed by atoms with E-state index < -0.39 is 0 Å². The lowest BCUT2D eigenvalue weighted by molar-refractivity contribution is -0.125. The number of carbonyl (C=O) groups is 1. The first-order chi connectivity index (χ1) is 14.0. The van der Waals surface area contributed by atoms with Crippen molar-refractivity contribution in [2.24, 2.45) is 11.3 Å². The summed E-state index contributed by atoms with van der Waals surface area (Å²) in [7, 11) is 0. The molecule has 1 aromatic carbocycles. The van der Waals surface area contributed by atoms with Crippen LogP contribution in [0.2, 0.25) is 0 Å². The van der Waals surface area contributed by atoms with E-state index in [1.165, 1.54) is 5.56 Å². The van der Waals surface area contributed by atoms with Gasteiger partial charge in [-0.1, -0.05) is 62.0 Å². The van der Waals surface area contributed by atoms with Gasteiger partial charge in [-0.3, -0.25) is 4.79 Å². The molecule has 29 heavy (non-hydrogen) atoms. The van der Waals surface area contributed by atoms with Crippen LogP contribution in [0.3, 0.4) is 0 Å². The van der Waals surface area contributed by atoms with Gasteiger partial charge in [0.25, 0.3) is 0 Å². The van der Waals surface area contributed by atoms with Crippen LogP contribution < -0.4 is 5.32 Å². The van der Waals surface area contributed by atoms with E-state index in [0.29, 0.717) is 17.5 Å². The highest BCUT2D eigenvalue weighted by Crippen LogP contribution is 2.45. The summed E-state index contributed by atoms with van der Waals surface area (Å²) in [4.78, 5) is 21.0. The van der Waals surface area contributed by atoms with Gasteiger partial charge in [-0.05, 0) is 22.6 Å². The Labute approximate surface area is 173 Å². The van der Waals surface area contributed by atoms with Crippen molar-refractivity contribution in [2.75, 3.05) is 5.32 Å². The molecule has 0 amide bonds. The van der Waals surface area contributed by atoms with Gasteiger partial charge in [-0.25, -0.2) is 4.68 Å². The molecule has 1 aliphatic carbocycles. The normalized spacial score (nSPS) is 22.4. The molecule has 0 saturated carbocycles. The van der Waals surface area contributed by atoms with Gasteiger partial charge in [-0.15, -0.1) is 5.10 Å². The Hall–Kier alpha value is -2.80. The third-order valence-corrected chi connectivity index (χ3v) is 6.39. The molecule has 2 N–H and O–H groups in total. The lowest BCUT2D eigenvalue weighted by Gasteiger charge is -2.39. The molecule has 2 aromatic heterocycles. The molecule has 0 fully saturated rings. The Kier molecular flexibility index (Phi) is 4.35. The fraction of sp³-hybridized carbons (Fsp3) is 0.318. The molecule has 5 rings (SSSR count). The van der Waals surface area contributed by atoms with Crippen LogP contribution >= 0.6 is 11.8 Å². The maximum absolute atomic E-state index is 13.1. The summed E-state index contributed by atoms with van der Waals surface area (Å²) < 4.78 is 1.88. The topological polar surface area (TPSA) is 75.6 Å². The van der Waals surface area contributed by atoms with Crippen molar-refractivity contribution < 1.29 is 4.79 Å². The number of anilines is 1. The summed E-state index contributed by atoms with van der Waals surface area (Å²) in [5, 5.41) is 8.89. The van der Waals surface area contributed by atoms with Crippen LogP contribution in [0.25, 0.3) is 0 Å². The minimum Gasteiger partial charge on any atom is -0.367 e. The molecular formula is C22H23N5OS. The zero-order valence-electron chi connectivity index (χ0n) is 16.4. The zero-order valence-corrected chi connectivity index (χ0v) is 17.2. The highest BCUT2D eigenvalue weighted by molar-refractivity contribution is 7.98. The minimum absolute atomic E-state index is 0.161. The molecule has 148 valence electrons. The van der Waals surface area contributed by atoms with Gasteiger partial charge >= 0.3 is 0 Å². The zero-order chi connectivity index (χ0) is 20.0. The van der Waals surface area contributed by atoms with Crippen molar-refractivity contribution in [1.29, 1.82) is 0 Å². The van der Waals surface area contributed by atoms with Crippen molar-refractivity contribution in [2.45, 2.75) is 37.2 Å². The van der Waals surface area contributed by atoms with E-state index in [1.54, 1.807) is 11.8 Å². The second-order valence-electron chi connectivity index (χ2n) is 8.36. The predicted octanol–water partition coefficient (Wildman–Crippen LogP) is 4.41. The SMILES string of the molecule is CC1(C)C=C2Nc3nc(SCc4ccccc4)nn3[C@H](c3cc[nH]c3)[C@H]2C(=O)C1. The van der Waals surface area contributed by atoms with E-state index in [9.17, 15) is 4.79 Å². The van der Waals surface area contributed by atoms with Gasteiger partial charge in [0, 0.05) is 30.3 Å². The Bertz CT molecular complexity index is 1070. The van der Waals surface area contributed by atoms with E-state index in [2.05, 4.69) is 42.4 Å². The molecule has 3 heterocycles. The number of H-pyrrole nitrogens is 1. The molecule has 2 atom stereocenters. The quantitative estimate of drug-likeness (QED) is 0.629. The van der Waals surface area contributed by atoms with E-state index in [4.69, 9.17) is 10.1 Å². The molecule has 0 unspecified atom stereocenters. The maximum Gasteiger partial charge on any atom is 0.227 e. The van der Waals surface area contributed by atoms with Crippen molar-refractivity contribution in [1.82, 2.24) is 19.7 Å². The van der Waals surface area contributed by atoms with Crippen molar-refractivity contribution >= 4 is 23.5 Å². The predicted molar refractivity (Wildman–Crippen MR) is 114 cm³/mol. The number of Topliss-reactive ketones (excluding diaryl/α,β-unsaturated/α-hetero) is 1. The standard InChI is InChI=1S/C22H23N5OS/c1-22(2)10-16-18(17(28)11-22)19(15-8-9-23-12-15)27-20(24-16)25-21(26-27)29-13-14-6-4-3-5-7-14/h3-10,12,18-19,23H,11,13H2,1-2H3,(H,24,25,26)/t18-,19-/m1/s1. The van der Waals surface area contributed by atoms with Gasteiger partial charge in [0.15, 0.2) is 0 Å². The first-order valence-electron chi connectivity index (χ1n) is 9.79. The number of benzene rings is 1. The van der Waals surface area contributed by atoms with E-state index in [0.717, 1.165) is 17.0 Å². The fourth-order valence-corrected chi connectivity index (χ4v) is 5.03. The van der Waals surface area contributed by atoms with E-state index >= 15 is 0 Å². The Balaban J connectivity index is 1.52. The van der Waals surface area contributed by atoms with Gasteiger partial charge < -0.3 is 10.3 Å². The van der Waals surface area contributed by atoms with Gasteiger partial charge in [-0.2, -0.15) is 4.98 Å². The molecule has 0 radical (unpaired) electrons. The Morgan fingerprint density at radius 1 is 1.24 bits per heavy atom. The second kappa shape index (κ2) is 6.91. The number of aromatic amines is 1. The molecule has 0 saturated heterocycles. The Morgan fingerprint density at radius 2 is 2.07 bits per heavy atom. The molecule has 7 heteroatoms. The second-order valence-corrected chi connectivity index (χ2v) is 9.30. The fourth-order valence-electron chi connectivity index (χ4n) is 4.25. The summed E-state index contributed by atoms with van der Waals surface area (Å²) >= 11 is 1.60. The van der Waals surface area contributed by atoms with Crippen LogP contribution in [-0.4, -0.2) is 25.5 Å². The van der Waals surface area contributed by atoms with Crippen LogP contribution in [0.4, 0.5) is 5.95 Å². The number of aromatic nitrogens is 4. The first kappa shape index (κ1) is 18.2. The summed E-state index contributed by atoms with van der Waals surface area (Å²) in [5.41, 5.74) is 3.05. The molecule has 0 spiro atoms. The first-order valence-corrected chi connectivity index (χ1v) is 10.8. The Morgan fingerprint density at radius 3 is 2.83 bits per heavy atom. The highest BCUT2D eigenvalue weighted by atomic mass is 32.2. The molecular weight excluding hydrogens is 382 g/mol. The third-order valence-electron chi connectivity index (χ3n) is 5.48. The number of carbonyl (C=O) groups excluding carboxylic acids is 1. The average molecular weight is 406 g/mol. The van der Waals surface area contributed by atoms with E-state index in [-0.39, 0.29) is 23.2 Å². The molecule has 6 nitrogen and oxygen atoms in total. The third kappa shape index (κ3) is 3.40. The smallest absolute Gasteiger partial charge is 0.227 e. The minimum atomic E-state index is -0.264. The number of fused-ring (bicyclic) bond motifs is 2. The average Bonchev–Trinajstić information content (AvgIpc) is 3.34. The van der Waals surface area contributed by atoms with Crippen molar-refractivity contribution in [3.8, 4) is 0 Å². The number of thioether (sulfide) groups is 1. The lowest BCUT2D eigenvalue weighted by atomic mass is 9.72. The summed E-state index contributed by atoms with van der Waals surface area (Å²) in [5.74, 6) is 1.47.